The zero-order chi connectivity index (χ0) is 11.3. The van der Waals surface area contributed by atoms with Crippen molar-refractivity contribution in [2.24, 2.45) is 5.92 Å². The lowest BCUT2D eigenvalue weighted by atomic mass is 9.92. The van der Waals surface area contributed by atoms with Gasteiger partial charge in [0.15, 0.2) is 0 Å². The van der Waals surface area contributed by atoms with Crippen molar-refractivity contribution in [3.63, 3.8) is 0 Å². The number of rotatable bonds is 6. The number of nitrogens with one attached hydrogen (secondary N) is 1. The summed E-state index contributed by atoms with van der Waals surface area (Å²) >= 11 is 4.23. The number of thiophene rings is 1. The van der Waals surface area contributed by atoms with Crippen LogP contribution in [0.1, 0.15) is 44.7 Å². The highest BCUT2D eigenvalue weighted by Gasteiger charge is 2.15. The first-order valence-corrected chi connectivity index (χ1v) is 7.58. The molecule has 0 spiro atoms. The monoisotopic (exact) mass is 337 g/mol. The van der Waals surface area contributed by atoms with Crippen molar-refractivity contribution in [2.75, 3.05) is 7.05 Å². The van der Waals surface area contributed by atoms with Crippen LogP contribution in [0.4, 0.5) is 0 Å². The average Bonchev–Trinajstić information content (AvgIpc) is 2.67. The Morgan fingerprint density at radius 1 is 1.40 bits per heavy atom. The molecule has 1 N–H and O–H groups in total. The molecule has 0 fully saturated rings. The molecule has 1 nitrogen and oxygen atoms in total. The second-order valence-electron chi connectivity index (χ2n) is 3.94. The van der Waals surface area contributed by atoms with Gasteiger partial charge in [-0.25, -0.2) is 0 Å². The van der Waals surface area contributed by atoms with Gasteiger partial charge in [-0.1, -0.05) is 26.7 Å². The lowest BCUT2D eigenvalue weighted by Crippen LogP contribution is -2.19. The van der Waals surface area contributed by atoms with E-state index in [9.17, 15) is 0 Å². The quantitative estimate of drug-likeness (QED) is 0.757. The molecule has 1 heterocycles. The number of halogens is 1. The van der Waals surface area contributed by atoms with E-state index < -0.39 is 0 Å². The van der Waals surface area contributed by atoms with Gasteiger partial charge in [-0.15, -0.1) is 11.3 Å². The van der Waals surface area contributed by atoms with Crippen molar-refractivity contribution in [2.45, 2.75) is 39.2 Å². The second-order valence-corrected chi connectivity index (χ2v) is 6.75. The number of hydrogen-bond donors (Lipinski definition) is 1. The average molecular weight is 337 g/mol. The molecule has 15 heavy (non-hydrogen) atoms. The van der Waals surface area contributed by atoms with E-state index in [0.29, 0.717) is 6.04 Å². The van der Waals surface area contributed by atoms with E-state index in [4.69, 9.17) is 0 Å². The smallest absolute Gasteiger partial charge is 0.0656 e. The van der Waals surface area contributed by atoms with Crippen LogP contribution in [0.5, 0.6) is 0 Å². The Morgan fingerprint density at radius 3 is 2.47 bits per heavy atom. The summed E-state index contributed by atoms with van der Waals surface area (Å²) in [7, 11) is 2.07. The minimum atomic E-state index is 0.537. The molecular formula is C12H20INS. The van der Waals surface area contributed by atoms with Crippen LogP contribution in [0.2, 0.25) is 0 Å². The minimum Gasteiger partial charge on any atom is -0.313 e. The molecule has 86 valence electrons. The third-order valence-electron chi connectivity index (χ3n) is 3.06. The van der Waals surface area contributed by atoms with Crippen LogP contribution in [0, 0.1) is 8.80 Å². The SMILES string of the molecule is CCC(CC)CC(NC)c1csc(I)c1. The van der Waals surface area contributed by atoms with Crippen LogP contribution < -0.4 is 5.32 Å². The predicted molar refractivity (Wildman–Crippen MR) is 77.5 cm³/mol. The third-order valence-corrected chi connectivity index (χ3v) is 4.87. The van der Waals surface area contributed by atoms with Gasteiger partial charge in [0.2, 0.25) is 0 Å². The van der Waals surface area contributed by atoms with Crippen LogP contribution in [-0.4, -0.2) is 7.05 Å². The second kappa shape index (κ2) is 6.86. The highest BCUT2D eigenvalue weighted by atomic mass is 127. The molecule has 0 aliphatic rings. The summed E-state index contributed by atoms with van der Waals surface area (Å²) < 4.78 is 1.38. The zero-order valence-electron chi connectivity index (χ0n) is 9.72. The molecular weight excluding hydrogens is 317 g/mol. The fourth-order valence-corrected chi connectivity index (χ4v) is 3.31. The van der Waals surface area contributed by atoms with Gasteiger partial charge in [0.25, 0.3) is 0 Å². The Bertz CT molecular complexity index is 281. The van der Waals surface area contributed by atoms with Gasteiger partial charge in [-0.3, -0.25) is 0 Å². The molecule has 0 radical (unpaired) electrons. The van der Waals surface area contributed by atoms with E-state index in [-0.39, 0.29) is 0 Å². The Hall–Kier alpha value is 0.390. The third kappa shape index (κ3) is 4.04. The van der Waals surface area contributed by atoms with Gasteiger partial charge in [0.05, 0.1) is 2.88 Å². The van der Waals surface area contributed by atoms with Gasteiger partial charge in [0.1, 0.15) is 0 Å². The highest BCUT2D eigenvalue weighted by molar-refractivity contribution is 14.1. The van der Waals surface area contributed by atoms with E-state index in [2.05, 4.69) is 60.2 Å². The Balaban J connectivity index is 2.63. The lowest BCUT2D eigenvalue weighted by Gasteiger charge is -2.20. The summed E-state index contributed by atoms with van der Waals surface area (Å²) in [5.41, 5.74) is 1.46. The summed E-state index contributed by atoms with van der Waals surface area (Å²) in [6, 6.07) is 2.84. The van der Waals surface area contributed by atoms with Gasteiger partial charge >= 0.3 is 0 Å². The van der Waals surface area contributed by atoms with Crippen LogP contribution >= 0.6 is 33.9 Å². The molecule has 1 rings (SSSR count). The number of hydrogen-bond acceptors (Lipinski definition) is 2. The standard InChI is InChI=1S/C12H20INS/c1-4-9(5-2)6-11(14-3)10-7-12(13)15-8-10/h7-9,11,14H,4-6H2,1-3H3. The molecule has 1 aromatic heterocycles. The van der Waals surface area contributed by atoms with Gasteiger partial charge in [-0.05, 0) is 59.0 Å². The normalized spacial score (nSPS) is 13.4. The summed E-state index contributed by atoms with van der Waals surface area (Å²) in [6.45, 7) is 4.58. The van der Waals surface area contributed by atoms with Crippen LogP contribution in [0.25, 0.3) is 0 Å². The molecule has 0 amide bonds. The topological polar surface area (TPSA) is 12.0 Å². The highest BCUT2D eigenvalue weighted by Crippen LogP contribution is 2.28. The summed E-state index contributed by atoms with van der Waals surface area (Å²) in [6.07, 6.45) is 3.84. The van der Waals surface area contributed by atoms with Crippen LogP contribution in [0.3, 0.4) is 0 Å². The summed E-state index contributed by atoms with van der Waals surface area (Å²) in [5.74, 6) is 0.847. The fourth-order valence-electron chi connectivity index (χ4n) is 1.88. The van der Waals surface area contributed by atoms with Crippen molar-refractivity contribution in [3.8, 4) is 0 Å². The molecule has 0 aliphatic heterocycles. The molecule has 0 bridgehead atoms. The maximum Gasteiger partial charge on any atom is 0.0656 e. The first-order chi connectivity index (χ1) is 7.21. The maximum atomic E-state index is 3.43. The summed E-state index contributed by atoms with van der Waals surface area (Å²) in [5, 5.41) is 5.72. The molecule has 3 heteroatoms. The Morgan fingerprint density at radius 2 is 2.07 bits per heavy atom. The minimum absolute atomic E-state index is 0.537. The van der Waals surface area contributed by atoms with Gasteiger partial charge in [-0.2, -0.15) is 0 Å². The van der Waals surface area contributed by atoms with E-state index >= 15 is 0 Å². The van der Waals surface area contributed by atoms with Crippen molar-refractivity contribution in [1.29, 1.82) is 0 Å². The van der Waals surface area contributed by atoms with Crippen molar-refractivity contribution < 1.29 is 0 Å². The predicted octanol–water partition coefficient (Wildman–Crippen LogP) is 4.44. The molecule has 0 aromatic carbocycles. The van der Waals surface area contributed by atoms with E-state index in [0.717, 1.165) is 5.92 Å². The van der Waals surface area contributed by atoms with E-state index in [1.54, 1.807) is 0 Å². The first kappa shape index (κ1) is 13.5. The first-order valence-electron chi connectivity index (χ1n) is 5.62. The molecule has 1 unspecified atom stereocenters. The zero-order valence-corrected chi connectivity index (χ0v) is 12.7. The Kier molecular flexibility index (Phi) is 6.16. The van der Waals surface area contributed by atoms with Crippen molar-refractivity contribution in [3.05, 3.63) is 19.9 Å². The van der Waals surface area contributed by atoms with Crippen LogP contribution in [0.15, 0.2) is 11.4 Å². The fraction of sp³-hybridized carbons (Fsp3) is 0.667. The molecule has 0 saturated carbocycles. The van der Waals surface area contributed by atoms with Gasteiger partial charge < -0.3 is 5.32 Å². The molecule has 0 aliphatic carbocycles. The van der Waals surface area contributed by atoms with Crippen molar-refractivity contribution >= 4 is 33.9 Å². The van der Waals surface area contributed by atoms with Gasteiger partial charge in [0, 0.05) is 6.04 Å². The lowest BCUT2D eigenvalue weighted by molar-refractivity contribution is 0.386. The van der Waals surface area contributed by atoms with Crippen LogP contribution in [-0.2, 0) is 0 Å². The van der Waals surface area contributed by atoms with Crippen molar-refractivity contribution in [1.82, 2.24) is 5.32 Å². The Labute approximate surface area is 111 Å². The largest absolute Gasteiger partial charge is 0.313 e. The molecule has 1 atom stereocenters. The molecule has 1 aromatic rings. The maximum absolute atomic E-state index is 3.43. The summed E-state index contributed by atoms with van der Waals surface area (Å²) in [4.78, 5) is 0. The molecule has 0 saturated heterocycles. The van der Waals surface area contributed by atoms with E-state index in [1.807, 2.05) is 11.3 Å². The van der Waals surface area contributed by atoms with E-state index in [1.165, 1.54) is 27.7 Å².